The van der Waals surface area contributed by atoms with E-state index in [-0.39, 0.29) is 6.10 Å². The molecular formula is C17H23ClN4O3. The van der Waals surface area contributed by atoms with E-state index in [1.807, 2.05) is 4.90 Å². The van der Waals surface area contributed by atoms with E-state index in [0.717, 1.165) is 64.1 Å². The van der Waals surface area contributed by atoms with Crippen LogP contribution in [0, 0.1) is 5.41 Å². The molecule has 1 amide bonds. The molecule has 1 spiro atoms. The van der Waals surface area contributed by atoms with Crippen molar-refractivity contribution in [1.29, 1.82) is 0 Å². The molecule has 0 aliphatic carbocycles. The maximum Gasteiger partial charge on any atom is 0.320 e. The highest BCUT2D eigenvalue weighted by Gasteiger charge is 2.45. The van der Waals surface area contributed by atoms with E-state index in [2.05, 4.69) is 14.9 Å². The molecule has 4 rings (SSSR count). The molecule has 3 aliphatic heterocycles. The summed E-state index contributed by atoms with van der Waals surface area (Å²) in [7, 11) is 0. The third kappa shape index (κ3) is 3.67. The zero-order valence-electron chi connectivity index (χ0n) is 14.2. The Labute approximate surface area is 152 Å². The first-order chi connectivity index (χ1) is 12.2. The van der Waals surface area contributed by atoms with E-state index >= 15 is 0 Å². The second kappa shape index (κ2) is 6.96. The number of halogens is 1. The maximum absolute atomic E-state index is 10.9. The van der Waals surface area contributed by atoms with Crippen LogP contribution in [0.25, 0.3) is 0 Å². The maximum atomic E-state index is 10.9. The minimum Gasteiger partial charge on any atom is -0.460 e. The van der Waals surface area contributed by atoms with Gasteiger partial charge in [-0.1, -0.05) is 11.6 Å². The Bertz CT molecular complexity index is 622. The fraction of sp³-hybridized carbons (Fsp3) is 0.706. The summed E-state index contributed by atoms with van der Waals surface area (Å²) in [5.74, 6) is 0.825. The average Bonchev–Trinajstić information content (AvgIpc) is 2.60. The largest absolute Gasteiger partial charge is 0.460 e. The van der Waals surface area contributed by atoms with Crippen molar-refractivity contribution in [3.8, 4) is 6.01 Å². The van der Waals surface area contributed by atoms with Crippen LogP contribution < -0.4 is 9.64 Å². The van der Waals surface area contributed by atoms with E-state index in [9.17, 15) is 4.79 Å². The molecule has 0 saturated carbocycles. The van der Waals surface area contributed by atoms with Crippen LogP contribution in [0.5, 0.6) is 6.01 Å². The number of rotatable bonds is 4. The predicted molar refractivity (Wildman–Crippen MR) is 93.0 cm³/mol. The van der Waals surface area contributed by atoms with Crippen LogP contribution in [-0.2, 0) is 9.53 Å². The number of likely N-dealkylation sites (tertiary alicyclic amines) is 1. The molecule has 0 atom stereocenters. The van der Waals surface area contributed by atoms with E-state index in [4.69, 9.17) is 21.1 Å². The molecule has 4 heterocycles. The fourth-order valence-electron chi connectivity index (χ4n) is 3.89. The van der Waals surface area contributed by atoms with E-state index in [0.29, 0.717) is 29.8 Å². The highest BCUT2D eigenvalue weighted by molar-refractivity contribution is 6.29. The lowest BCUT2D eigenvalue weighted by Crippen LogP contribution is -2.60. The van der Waals surface area contributed by atoms with Crippen molar-refractivity contribution in [2.75, 3.05) is 44.3 Å². The van der Waals surface area contributed by atoms with E-state index in [1.165, 1.54) is 0 Å². The van der Waals surface area contributed by atoms with Crippen molar-refractivity contribution in [3.63, 3.8) is 0 Å². The quantitative estimate of drug-likeness (QED) is 0.597. The number of aromatic nitrogens is 2. The summed E-state index contributed by atoms with van der Waals surface area (Å²) in [5, 5.41) is 0.406. The molecule has 3 fully saturated rings. The molecule has 1 aromatic heterocycles. The molecule has 0 bridgehead atoms. The molecule has 8 heteroatoms. The Balaban J connectivity index is 1.39. The first kappa shape index (κ1) is 16.8. The fourth-order valence-corrected chi connectivity index (χ4v) is 4.06. The van der Waals surface area contributed by atoms with Crippen molar-refractivity contribution < 1.29 is 14.3 Å². The van der Waals surface area contributed by atoms with Crippen LogP contribution in [0.2, 0.25) is 5.15 Å². The van der Waals surface area contributed by atoms with Gasteiger partial charge >= 0.3 is 6.01 Å². The molecular weight excluding hydrogens is 344 g/mol. The molecule has 1 aromatic rings. The Morgan fingerprint density at radius 1 is 1.24 bits per heavy atom. The zero-order valence-corrected chi connectivity index (χ0v) is 15.0. The third-order valence-electron chi connectivity index (χ3n) is 5.49. The minimum absolute atomic E-state index is 0.0930. The van der Waals surface area contributed by atoms with Crippen LogP contribution in [-0.4, -0.2) is 66.8 Å². The van der Waals surface area contributed by atoms with Crippen molar-refractivity contribution in [2.24, 2.45) is 5.41 Å². The van der Waals surface area contributed by atoms with Crippen LogP contribution >= 0.6 is 11.6 Å². The molecule has 3 saturated heterocycles. The van der Waals surface area contributed by atoms with Crippen molar-refractivity contribution in [1.82, 2.24) is 14.9 Å². The molecule has 0 aromatic carbocycles. The molecule has 3 aliphatic rings. The van der Waals surface area contributed by atoms with Gasteiger partial charge in [0.2, 0.25) is 6.41 Å². The summed E-state index contributed by atoms with van der Waals surface area (Å²) in [6.45, 7) is 5.02. The summed E-state index contributed by atoms with van der Waals surface area (Å²) >= 11 is 6.18. The molecule has 0 unspecified atom stereocenters. The van der Waals surface area contributed by atoms with E-state index < -0.39 is 0 Å². The van der Waals surface area contributed by atoms with Crippen molar-refractivity contribution in [3.05, 3.63) is 11.2 Å². The highest BCUT2D eigenvalue weighted by Crippen LogP contribution is 2.42. The van der Waals surface area contributed by atoms with Crippen LogP contribution in [0.1, 0.15) is 25.7 Å². The van der Waals surface area contributed by atoms with Gasteiger partial charge < -0.3 is 19.3 Å². The summed E-state index contributed by atoms with van der Waals surface area (Å²) in [6, 6.07) is 2.15. The Hall–Kier alpha value is -1.60. The van der Waals surface area contributed by atoms with Gasteiger partial charge in [0.05, 0.1) is 13.2 Å². The number of ether oxygens (including phenoxy) is 2. The van der Waals surface area contributed by atoms with Crippen molar-refractivity contribution in [2.45, 2.75) is 31.8 Å². The van der Waals surface area contributed by atoms with Gasteiger partial charge in [-0.2, -0.15) is 9.97 Å². The number of hydrogen-bond donors (Lipinski definition) is 0. The zero-order chi connectivity index (χ0) is 17.3. The van der Waals surface area contributed by atoms with Gasteiger partial charge in [-0.25, -0.2) is 0 Å². The molecule has 7 nitrogen and oxygen atoms in total. The van der Waals surface area contributed by atoms with Gasteiger partial charge in [-0.05, 0) is 12.8 Å². The smallest absolute Gasteiger partial charge is 0.320 e. The minimum atomic E-state index is 0.0930. The molecule has 0 radical (unpaired) electrons. The van der Waals surface area contributed by atoms with Crippen LogP contribution in [0.15, 0.2) is 6.07 Å². The monoisotopic (exact) mass is 366 g/mol. The van der Waals surface area contributed by atoms with E-state index in [1.54, 1.807) is 6.07 Å². The molecule has 0 N–H and O–H groups in total. The van der Waals surface area contributed by atoms with Crippen molar-refractivity contribution >= 4 is 23.8 Å². The number of carbonyl (C=O) groups excluding carboxylic acids is 1. The van der Waals surface area contributed by atoms with Crippen LogP contribution in [0.4, 0.5) is 5.82 Å². The second-order valence-corrected chi connectivity index (χ2v) is 7.65. The number of anilines is 1. The average molecular weight is 367 g/mol. The Kier molecular flexibility index (Phi) is 4.69. The first-order valence-corrected chi connectivity index (χ1v) is 9.27. The number of carbonyl (C=O) groups is 1. The molecule has 136 valence electrons. The summed E-state index contributed by atoms with van der Waals surface area (Å²) in [4.78, 5) is 23.7. The number of hydrogen-bond acceptors (Lipinski definition) is 6. The van der Waals surface area contributed by atoms with Gasteiger partial charge in [0.15, 0.2) is 0 Å². The standard InChI is InChI=1S/C17H23ClN4O3/c18-14-9-15(20-16(19-14)25-13-1-7-24-8-2-13)22-10-17(11-22)3-5-21(12-23)6-4-17/h9,12-13H,1-8,10-11H2. The summed E-state index contributed by atoms with van der Waals surface area (Å²) < 4.78 is 11.3. The van der Waals surface area contributed by atoms with Gasteiger partial charge in [0.1, 0.15) is 17.1 Å². The Morgan fingerprint density at radius 3 is 2.64 bits per heavy atom. The number of piperidine rings is 1. The van der Waals surface area contributed by atoms with Gasteiger partial charge in [-0.15, -0.1) is 0 Å². The second-order valence-electron chi connectivity index (χ2n) is 7.26. The first-order valence-electron chi connectivity index (χ1n) is 8.89. The summed E-state index contributed by atoms with van der Waals surface area (Å²) in [5.41, 5.74) is 0.304. The lowest BCUT2D eigenvalue weighted by Gasteiger charge is -2.54. The van der Waals surface area contributed by atoms with Gasteiger partial charge in [0, 0.05) is 50.5 Å². The number of amides is 1. The Morgan fingerprint density at radius 2 is 1.96 bits per heavy atom. The van der Waals surface area contributed by atoms with Crippen LogP contribution in [0.3, 0.4) is 0 Å². The molecule has 25 heavy (non-hydrogen) atoms. The predicted octanol–water partition coefficient (Wildman–Crippen LogP) is 1.75. The topological polar surface area (TPSA) is 67.8 Å². The third-order valence-corrected chi connectivity index (χ3v) is 5.68. The lowest BCUT2D eigenvalue weighted by atomic mass is 9.72. The highest BCUT2D eigenvalue weighted by atomic mass is 35.5. The van der Waals surface area contributed by atoms with Gasteiger partial charge in [0.25, 0.3) is 0 Å². The number of nitrogens with zero attached hydrogens (tertiary/aromatic N) is 4. The normalized spacial score (nSPS) is 23.4. The summed E-state index contributed by atoms with van der Waals surface area (Å²) in [6.07, 6.45) is 4.85. The SMILES string of the molecule is O=CN1CCC2(CC1)CN(c1cc(Cl)nc(OC3CCOCC3)n1)C2. The van der Waals surface area contributed by atoms with Gasteiger partial charge in [-0.3, -0.25) is 4.79 Å². The lowest BCUT2D eigenvalue weighted by molar-refractivity contribution is -0.120.